The summed E-state index contributed by atoms with van der Waals surface area (Å²) in [5.41, 5.74) is 1.75. The third kappa shape index (κ3) is 2.53. The molecule has 22 heavy (non-hydrogen) atoms. The van der Waals surface area contributed by atoms with Gasteiger partial charge < -0.3 is 4.52 Å². The van der Waals surface area contributed by atoms with E-state index in [0.717, 1.165) is 21.9 Å². The number of benzene rings is 1. The van der Waals surface area contributed by atoms with Crippen molar-refractivity contribution in [1.82, 2.24) is 25.4 Å². The van der Waals surface area contributed by atoms with Crippen molar-refractivity contribution < 1.29 is 4.52 Å². The number of thiophene rings is 1. The molecule has 0 bridgehead atoms. The topological polar surface area (TPSA) is 69.6 Å². The minimum absolute atomic E-state index is 0.425. The molecule has 0 fully saturated rings. The maximum Gasteiger partial charge on any atom is 0.214 e. The van der Waals surface area contributed by atoms with Gasteiger partial charge in [-0.05, 0) is 16.7 Å². The van der Waals surface area contributed by atoms with Crippen molar-refractivity contribution in [3.63, 3.8) is 0 Å². The van der Waals surface area contributed by atoms with Crippen LogP contribution in [0.1, 0.15) is 5.69 Å². The Hall–Kier alpha value is -2.80. The quantitative estimate of drug-likeness (QED) is 0.579. The smallest absolute Gasteiger partial charge is 0.214 e. The Morgan fingerprint density at radius 1 is 1.09 bits per heavy atom. The van der Waals surface area contributed by atoms with Crippen molar-refractivity contribution in [3.8, 4) is 22.0 Å². The summed E-state index contributed by atoms with van der Waals surface area (Å²) in [6.07, 6.45) is 0. The Morgan fingerprint density at radius 3 is 2.82 bits per heavy atom. The lowest BCUT2D eigenvalue weighted by Gasteiger charge is -1.92. The average Bonchev–Trinajstić information content (AvgIpc) is 3.30. The van der Waals surface area contributed by atoms with Crippen molar-refractivity contribution in [2.75, 3.05) is 0 Å². The summed E-state index contributed by atoms with van der Waals surface area (Å²) in [6.45, 7) is 0.425. The maximum absolute atomic E-state index is 5.36. The highest BCUT2D eigenvalue weighted by Gasteiger charge is 2.10. The first-order chi connectivity index (χ1) is 10.9. The van der Waals surface area contributed by atoms with E-state index in [4.69, 9.17) is 4.52 Å². The summed E-state index contributed by atoms with van der Waals surface area (Å²) in [4.78, 5) is 2.51. The highest BCUT2D eigenvalue weighted by molar-refractivity contribution is 7.13. The molecule has 0 spiro atoms. The fraction of sp³-hybridized carbons (Fsp3) is 0.0667. The standard InChI is InChI=1S/C15H11N5OS/c1-2-5-11(6-3-1)13-9-12(18-21-13)10-20-17-15(16-19-20)14-7-4-8-22-14/h1-9H,10H2. The average molecular weight is 309 g/mol. The Kier molecular flexibility index (Phi) is 3.24. The second kappa shape index (κ2) is 5.53. The van der Waals surface area contributed by atoms with Gasteiger partial charge in [-0.15, -0.1) is 21.5 Å². The molecule has 1 aromatic carbocycles. The maximum atomic E-state index is 5.36. The highest BCUT2D eigenvalue weighted by Crippen LogP contribution is 2.21. The van der Waals surface area contributed by atoms with Crippen LogP contribution in [0.2, 0.25) is 0 Å². The predicted octanol–water partition coefficient (Wildman–Crippen LogP) is 3.10. The number of aromatic nitrogens is 5. The van der Waals surface area contributed by atoms with Gasteiger partial charge in [0.1, 0.15) is 12.2 Å². The molecule has 0 amide bonds. The number of hydrogen-bond donors (Lipinski definition) is 0. The zero-order valence-corrected chi connectivity index (χ0v) is 12.3. The van der Waals surface area contributed by atoms with Crippen LogP contribution in [-0.4, -0.2) is 25.4 Å². The first-order valence-electron chi connectivity index (χ1n) is 6.71. The zero-order valence-electron chi connectivity index (χ0n) is 11.5. The van der Waals surface area contributed by atoms with E-state index in [1.165, 1.54) is 4.80 Å². The monoisotopic (exact) mass is 309 g/mol. The number of hydrogen-bond acceptors (Lipinski definition) is 6. The molecule has 108 valence electrons. The second-order valence-electron chi connectivity index (χ2n) is 4.67. The fourth-order valence-electron chi connectivity index (χ4n) is 2.08. The number of nitrogens with zero attached hydrogens (tertiary/aromatic N) is 5. The zero-order chi connectivity index (χ0) is 14.8. The Labute approximate surface area is 130 Å². The lowest BCUT2D eigenvalue weighted by molar-refractivity contribution is 0.415. The molecule has 0 aliphatic carbocycles. The van der Waals surface area contributed by atoms with E-state index in [9.17, 15) is 0 Å². The third-order valence-corrected chi connectivity index (χ3v) is 3.98. The summed E-state index contributed by atoms with van der Waals surface area (Å²) in [7, 11) is 0. The van der Waals surface area contributed by atoms with Crippen molar-refractivity contribution >= 4 is 11.3 Å². The van der Waals surface area contributed by atoms with Gasteiger partial charge in [0.15, 0.2) is 5.76 Å². The van der Waals surface area contributed by atoms with E-state index in [1.807, 2.05) is 53.9 Å². The first kappa shape index (κ1) is 12.9. The molecule has 3 aromatic heterocycles. The summed E-state index contributed by atoms with van der Waals surface area (Å²) >= 11 is 1.58. The van der Waals surface area contributed by atoms with E-state index in [-0.39, 0.29) is 0 Å². The molecule has 4 aromatic rings. The molecule has 0 saturated carbocycles. The largest absolute Gasteiger partial charge is 0.356 e. The molecule has 0 atom stereocenters. The van der Waals surface area contributed by atoms with Crippen LogP contribution in [0.15, 0.2) is 58.4 Å². The Bertz CT molecular complexity index is 866. The lowest BCUT2D eigenvalue weighted by atomic mass is 10.2. The van der Waals surface area contributed by atoms with Gasteiger partial charge in [0, 0.05) is 11.6 Å². The molecule has 3 heterocycles. The summed E-state index contributed by atoms with van der Waals surface area (Å²) in [6, 6.07) is 15.7. The molecule has 0 aliphatic rings. The first-order valence-corrected chi connectivity index (χ1v) is 7.59. The van der Waals surface area contributed by atoms with Gasteiger partial charge in [-0.3, -0.25) is 0 Å². The molecule has 6 nitrogen and oxygen atoms in total. The second-order valence-corrected chi connectivity index (χ2v) is 5.62. The van der Waals surface area contributed by atoms with Crippen LogP contribution in [0.4, 0.5) is 0 Å². The van der Waals surface area contributed by atoms with Crippen LogP contribution in [0.5, 0.6) is 0 Å². The molecular weight excluding hydrogens is 298 g/mol. The molecule has 7 heteroatoms. The minimum atomic E-state index is 0.425. The molecule has 0 aliphatic heterocycles. The van der Waals surface area contributed by atoms with Crippen LogP contribution < -0.4 is 0 Å². The van der Waals surface area contributed by atoms with Crippen LogP contribution in [0.25, 0.3) is 22.0 Å². The van der Waals surface area contributed by atoms with E-state index >= 15 is 0 Å². The van der Waals surface area contributed by atoms with Gasteiger partial charge in [0.05, 0.1) is 4.88 Å². The summed E-state index contributed by atoms with van der Waals surface area (Å²) < 4.78 is 5.36. The van der Waals surface area contributed by atoms with Gasteiger partial charge in [-0.2, -0.15) is 4.80 Å². The van der Waals surface area contributed by atoms with Gasteiger partial charge in [-0.25, -0.2) is 0 Å². The minimum Gasteiger partial charge on any atom is -0.356 e. The van der Waals surface area contributed by atoms with Crippen LogP contribution in [0, 0.1) is 0 Å². The highest BCUT2D eigenvalue weighted by atomic mass is 32.1. The van der Waals surface area contributed by atoms with E-state index in [2.05, 4.69) is 20.6 Å². The van der Waals surface area contributed by atoms with Gasteiger partial charge in [0.25, 0.3) is 0 Å². The van der Waals surface area contributed by atoms with Gasteiger partial charge in [0.2, 0.25) is 5.82 Å². The number of rotatable bonds is 4. The predicted molar refractivity (Wildman–Crippen MR) is 82.2 cm³/mol. The summed E-state index contributed by atoms with van der Waals surface area (Å²) in [5, 5.41) is 18.5. The van der Waals surface area contributed by atoms with E-state index in [0.29, 0.717) is 12.4 Å². The molecule has 4 rings (SSSR count). The van der Waals surface area contributed by atoms with Gasteiger partial charge in [-0.1, -0.05) is 41.6 Å². The number of tetrazole rings is 1. The van der Waals surface area contributed by atoms with Crippen molar-refractivity contribution in [1.29, 1.82) is 0 Å². The van der Waals surface area contributed by atoms with Crippen LogP contribution in [0.3, 0.4) is 0 Å². The molecule has 0 saturated heterocycles. The molecular formula is C15H11N5OS. The lowest BCUT2D eigenvalue weighted by Crippen LogP contribution is -2.04. The SMILES string of the molecule is c1ccc(-c2cc(Cn3nnc(-c4cccs4)n3)no2)cc1. The van der Waals surface area contributed by atoms with Crippen LogP contribution in [-0.2, 0) is 6.54 Å². The van der Waals surface area contributed by atoms with Crippen LogP contribution >= 0.6 is 11.3 Å². The van der Waals surface area contributed by atoms with Crippen molar-refractivity contribution in [2.24, 2.45) is 0 Å². The van der Waals surface area contributed by atoms with Gasteiger partial charge >= 0.3 is 0 Å². The van der Waals surface area contributed by atoms with Crippen molar-refractivity contribution in [2.45, 2.75) is 6.54 Å². The third-order valence-electron chi connectivity index (χ3n) is 3.12. The molecule has 0 unspecified atom stereocenters. The molecule has 0 radical (unpaired) electrons. The Balaban J connectivity index is 1.54. The summed E-state index contributed by atoms with van der Waals surface area (Å²) in [5.74, 6) is 1.36. The van der Waals surface area contributed by atoms with E-state index < -0.39 is 0 Å². The normalized spacial score (nSPS) is 10.9. The van der Waals surface area contributed by atoms with E-state index in [1.54, 1.807) is 11.3 Å². The van der Waals surface area contributed by atoms with Crippen molar-refractivity contribution in [3.05, 3.63) is 59.6 Å². The Morgan fingerprint density at radius 2 is 2.00 bits per heavy atom. The fourth-order valence-corrected chi connectivity index (χ4v) is 2.73. The molecule has 0 N–H and O–H groups in total.